The second-order valence-electron chi connectivity index (χ2n) is 11.2. The fraction of sp³-hybridized carbons (Fsp3) is 0.387. The molecule has 1 amide bonds. The van der Waals surface area contributed by atoms with Crippen molar-refractivity contribution in [3.8, 4) is 5.75 Å². The second kappa shape index (κ2) is 13.8. The van der Waals surface area contributed by atoms with E-state index >= 15 is 0 Å². The summed E-state index contributed by atoms with van der Waals surface area (Å²) in [6.45, 7) is 4.46. The van der Waals surface area contributed by atoms with E-state index in [0.717, 1.165) is 12.1 Å². The molecule has 13 heteroatoms. The number of carbonyl (C=O) groups excluding carboxylic acids is 1. The van der Waals surface area contributed by atoms with Crippen molar-refractivity contribution in [2.45, 2.75) is 50.0 Å². The molecule has 0 fully saturated rings. The lowest BCUT2D eigenvalue weighted by molar-refractivity contribution is -0.137. The Labute approximate surface area is 260 Å². The molecule has 44 heavy (non-hydrogen) atoms. The zero-order valence-corrected chi connectivity index (χ0v) is 26.1. The van der Waals surface area contributed by atoms with Gasteiger partial charge in [0, 0.05) is 41.8 Å². The first kappa shape index (κ1) is 33.6. The Morgan fingerprint density at radius 2 is 1.77 bits per heavy atom. The molecule has 0 unspecified atom stereocenters. The predicted octanol–water partition coefficient (Wildman–Crippen LogP) is 5.44. The number of alkyl halides is 3. The quantitative estimate of drug-likeness (QED) is 0.319. The van der Waals surface area contributed by atoms with Crippen LogP contribution in [0.3, 0.4) is 0 Å². The van der Waals surface area contributed by atoms with Gasteiger partial charge in [-0.05, 0) is 74.1 Å². The number of amides is 1. The second-order valence-corrected chi connectivity index (χ2v) is 13.3. The summed E-state index contributed by atoms with van der Waals surface area (Å²) in [4.78, 5) is 17.0. The molecule has 4 rings (SSSR count). The van der Waals surface area contributed by atoms with Crippen molar-refractivity contribution in [1.29, 1.82) is 0 Å². The first-order chi connectivity index (χ1) is 20.7. The van der Waals surface area contributed by atoms with Crippen LogP contribution in [0.1, 0.15) is 30.5 Å². The minimum Gasteiger partial charge on any atom is -0.488 e. The maximum Gasteiger partial charge on any atom is 0.416 e. The summed E-state index contributed by atoms with van der Waals surface area (Å²) in [6, 6.07) is 15.0. The van der Waals surface area contributed by atoms with Crippen LogP contribution in [-0.2, 0) is 34.0 Å². The fourth-order valence-corrected chi connectivity index (χ4v) is 6.20. The minimum absolute atomic E-state index is 0.0192. The van der Waals surface area contributed by atoms with Gasteiger partial charge in [-0.3, -0.25) is 14.4 Å². The molecule has 0 saturated carbocycles. The molecule has 0 bridgehead atoms. The summed E-state index contributed by atoms with van der Waals surface area (Å²) in [6.07, 6.45) is -4.95. The molecular formula is C31H35ClF3N3O5S. The Balaban J connectivity index is 1.60. The number of rotatable bonds is 9. The molecule has 8 nitrogen and oxygen atoms in total. The van der Waals surface area contributed by atoms with E-state index in [-0.39, 0.29) is 35.4 Å². The van der Waals surface area contributed by atoms with Gasteiger partial charge in [0.1, 0.15) is 11.9 Å². The number of nitrogens with one attached hydrogen (secondary N) is 1. The van der Waals surface area contributed by atoms with Crippen molar-refractivity contribution in [2.75, 3.05) is 31.5 Å². The fourth-order valence-electron chi connectivity index (χ4n) is 5.02. The lowest BCUT2D eigenvalue weighted by atomic mass is 10.0. The summed E-state index contributed by atoms with van der Waals surface area (Å²) < 4.78 is 74.0. The highest BCUT2D eigenvalue weighted by molar-refractivity contribution is 7.92. The summed E-state index contributed by atoms with van der Waals surface area (Å²) in [5.74, 6) is -0.0390. The number of halogens is 4. The van der Waals surface area contributed by atoms with Gasteiger partial charge in [-0.2, -0.15) is 13.2 Å². The summed E-state index contributed by atoms with van der Waals surface area (Å²) in [7, 11) is -2.12. The van der Waals surface area contributed by atoms with Gasteiger partial charge in [0.25, 0.3) is 10.0 Å². The van der Waals surface area contributed by atoms with Crippen molar-refractivity contribution >= 4 is 33.2 Å². The van der Waals surface area contributed by atoms with Crippen LogP contribution >= 0.6 is 11.6 Å². The Morgan fingerprint density at radius 1 is 1.11 bits per heavy atom. The van der Waals surface area contributed by atoms with E-state index in [2.05, 4.69) is 4.72 Å². The van der Waals surface area contributed by atoms with Crippen LogP contribution in [0.2, 0.25) is 5.02 Å². The van der Waals surface area contributed by atoms with E-state index in [1.807, 2.05) is 18.9 Å². The molecule has 3 aromatic carbocycles. The molecule has 238 valence electrons. The first-order valence-electron chi connectivity index (χ1n) is 14.0. The van der Waals surface area contributed by atoms with Gasteiger partial charge in [0.2, 0.25) is 5.91 Å². The molecule has 1 aliphatic heterocycles. The molecule has 0 aliphatic carbocycles. The highest BCUT2D eigenvalue weighted by atomic mass is 35.5. The number of likely N-dealkylation sites (N-methyl/N-ethyl adjacent to an activating group) is 1. The first-order valence-corrected chi connectivity index (χ1v) is 15.9. The summed E-state index contributed by atoms with van der Waals surface area (Å²) >= 11 is 5.89. The number of fused-ring (bicyclic) bond motifs is 1. The van der Waals surface area contributed by atoms with Crippen LogP contribution in [0.5, 0.6) is 5.75 Å². The Bertz CT molecular complexity index is 1550. The van der Waals surface area contributed by atoms with Crippen molar-refractivity contribution < 1.29 is 36.2 Å². The Hall–Kier alpha value is -3.32. The standard InChI is InChI=1S/C31H35ClF3N3O5S/c1-20-16-38(21(2)19-39)30(40)15-23-14-26(36-44(41,42)27-11-8-25(32)9-12-27)10-13-28(23)43-29(20)18-37(3)17-22-4-6-24(7-5-22)31(33,34)35/h4-14,20-21,29,36,39H,15-19H2,1-3H3/t20-,21+,29-/m1/s1. The maximum atomic E-state index is 13.5. The van der Waals surface area contributed by atoms with Crippen LogP contribution in [0.25, 0.3) is 0 Å². The zero-order valence-electron chi connectivity index (χ0n) is 24.5. The van der Waals surface area contributed by atoms with Crippen molar-refractivity contribution in [1.82, 2.24) is 9.80 Å². The van der Waals surface area contributed by atoms with Crippen LogP contribution in [0.4, 0.5) is 18.9 Å². The van der Waals surface area contributed by atoms with E-state index in [1.165, 1.54) is 36.4 Å². The third kappa shape index (κ3) is 8.44. The SMILES string of the molecule is C[C@@H]1CN([C@@H](C)CO)C(=O)Cc2cc(NS(=O)(=O)c3ccc(Cl)cc3)ccc2O[C@@H]1CN(C)Cc1ccc(C(F)(F)F)cc1. The summed E-state index contributed by atoms with van der Waals surface area (Å²) in [5, 5.41) is 10.3. The molecule has 0 saturated heterocycles. The van der Waals surface area contributed by atoms with Crippen LogP contribution < -0.4 is 9.46 Å². The highest BCUT2D eigenvalue weighted by Crippen LogP contribution is 2.31. The molecule has 0 radical (unpaired) electrons. The number of anilines is 1. The van der Waals surface area contributed by atoms with E-state index < -0.39 is 33.9 Å². The molecule has 0 aromatic heterocycles. The molecule has 0 spiro atoms. The van der Waals surface area contributed by atoms with Gasteiger partial charge in [-0.15, -0.1) is 0 Å². The number of nitrogens with zero attached hydrogens (tertiary/aromatic N) is 2. The third-order valence-corrected chi connectivity index (χ3v) is 9.17. The summed E-state index contributed by atoms with van der Waals surface area (Å²) in [5.41, 5.74) is 0.678. The highest BCUT2D eigenvalue weighted by Gasteiger charge is 2.32. The lowest BCUT2D eigenvalue weighted by Crippen LogP contribution is -2.47. The largest absolute Gasteiger partial charge is 0.488 e. The monoisotopic (exact) mass is 653 g/mol. The topological polar surface area (TPSA) is 99.2 Å². The molecule has 3 atom stereocenters. The van der Waals surface area contributed by atoms with Gasteiger partial charge in [0.15, 0.2) is 0 Å². The zero-order chi connectivity index (χ0) is 32.2. The van der Waals surface area contributed by atoms with E-state index in [4.69, 9.17) is 16.3 Å². The van der Waals surface area contributed by atoms with Gasteiger partial charge in [-0.1, -0.05) is 30.7 Å². The Morgan fingerprint density at radius 3 is 2.39 bits per heavy atom. The number of aliphatic hydroxyl groups excluding tert-OH is 1. The average Bonchev–Trinajstić information content (AvgIpc) is 3.00. The third-order valence-electron chi connectivity index (χ3n) is 7.52. The molecule has 1 aliphatic rings. The number of sulfonamides is 1. The van der Waals surface area contributed by atoms with E-state index in [0.29, 0.717) is 41.5 Å². The Kier molecular flexibility index (Phi) is 10.5. The number of aliphatic hydroxyl groups is 1. The van der Waals surface area contributed by atoms with Gasteiger partial charge >= 0.3 is 6.18 Å². The smallest absolute Gasteiger partial charge is 0.416 e. The minimum atomic E-state index is -4.41. The number of hydrogen-bond donors (Lipinski definition) is 2. The number of hydrogen-bond acceptors (Lipinski definition) is 6. The molecular weight excluding hydrogens is 619 g/mol. The van der Waals surface area contributed by atoms with Crippen LogP contribution in [0.15, 0.2) is 71.6 Å². The lowest BCUT2D eigenvalue weighted by Gasteiger charge is -2.34. The van der Waals surface area contributed by atoms with E-state index in [1.54, 1.807) is 30.0 Å². The van der Waals surface area contributed by atoms with Gasteiger partial charge < -0.3 is 14.7 Å². The molecule has 3 aromatic rings. The normalized spacial score (nSPS) is 18.6. The number of carbonyl (C=O) groups is 1. The molecule has 2 N–H and O–H groups in total. The van der Waals surface area contributed by atoms with Gasteiger partial charge in [-0.25, -0.2) is 8.42 Å². The number of ether oxygens (including phenoxy) is 1. The van der Waals surface area contributed by atoms with Crippen molar-refractivity contribution in [3.05, 3.63) is 88.4 Å². The molecule has 1 heterocycles. The van der Waals surface area contributed by atoms with Crippen LogP contribution in [-0.4, -0.2) is 68.1 Å². The number of benzene rings is 3. The van der Waals surface area contributed by atoms with E-state index in [9.17, 15) is 31.5 Å². The van der Waals surface area contributed by atoms with Crippen LogP contribution in [0, 0.1) is 5.92 Å². The van der Waals surface area contributed by atoms with Crippen molar-refractivity contribution in [3.63, 3.8) is 0 Å². The van der Waals surface area contributed by atoms with Gasteiger partial charge in [0.05, 0.1) is 29.5 Å². The average molecular weight is 654 g/mol. The predicted molar refractivity (Wildman–Crippen MR) is 162 cm³/mol. The maximum absolute atomic E-state index is 13.5. The van der Waals surface area contributed by atoms with Crippen molar-refractivity contribution in [2.24, 2.45) is 5.92 Å².